The van der Waals surface area contributed by atoms with E-state index < -0.39 is 27.5 Å². The Morgan fingerprint density at radius 2 is 1.47 bits per heavy atom. The molecule has 0 aliphatic carbocycles. The summed E-state index contributed by atoms with van der Waals surface area (Å²) < 4.78 is 27.0. The van der Waals surface area contributed by atoms with Gasteiger partial charge in [-0.3, -0.25) is 14.5 Å². The molecule has 0 radical (unpaired) electrons. The summed E-state index contributed by atoms with van der Waals surface area (Å²) in [5.41, 5.74) is 1.44. The van der Waals surface area contributed by atoms with Gasteiger partial charge in [0.2, 0.25) is 15.7 Å². The summed E-state index contributed by atoms with van der Waals surface area (Å²) in [7, 11) is -4.17. The van der Waals surface area contributed by atoms with Crippen LogP contribution in [0, 0.1) is 0 Å². The molecule has 0 spiro atoms. The Morgan fingerprint density at radius 3 is 2.03 bits per heavy atom. The molecule has 1 aliphatic heterocycles. The predicted octanol–water partition coefficient (Wildman–Crippen LogP) is 3.98. The zero-order valence-corrected chi connectivity index (χ0v) is 17.9. The Morgan fingerprint density at radius 1 is 0.906 bits per heavy atom. The van der Waals surface area contributed by atoms with Gasteiger partial charge in [0.1, 0.15) is 10.9 Å². The van der Waals surface area contributed by atoms with Crippen molar-refractivity contribution in [1.82, 2.24) is 0 Å². The Hall–Kier alpha value is -3.91. The highest BCUT2D eigenvalue weighted by Gasteiger charge is 2.47. The third-order valence-electron chi connectivity index (χ3n) is 5.09. The van der Waals surface area contributed by atoms with Crippen molar-refractivity contribution >= 4 is 33.0 Å². The van der Waals surface area contributed by atoms with Crippen LogP contribution >= 0.6 is 0 Å². The van der Waals surface area contributed by atoms with Crippen LogP contribution < -0.4 is 10.2 Å². The van der Waals surface area contributed by atoms with Gasteiger partial charge in [-0.15, -0.1) is 0 Å². The summed E-state index contributed by atoms with van der Waals surface area (Å²) in [5, 5.41) is 13.4. The molecule has 32 heavy (non-hydrogen) atoms. The Kier molecular flexibility index (Phi) is 5.54. The number of sulfone groups is 1. The van der Waals surface area contributed by atoms with E-state index in [1.807, 2.05) is 0 Å². The highest BCUT2D eigenvalue weighted by Crippen LogP contribution is 2.44. The van der Waals surface area contributed by atoms with E-state index in [0.29, 0.717) is 16.9 Å². The molecule has 1 unspecified atom stereocenters. The second kappa shape index (κ2) is 8.32. The van der Waals surface area contributed by atoms with Gasteiger partial charge in [0.05, 0.1) is 4.90 Å². The lowest BCUT2D eigenvalue weighted by atomic mass is 10.1. The summed E-state index contributed by atoms with van der Waals surface area (Å²) in [6.07, 6.45) is 0. The number of anilines is 2. The van der Waals surface area contributed by atoms with Crippen LogP contribution in [-0.2, 0) is 19.4 Å². The molecule has 3 aromatic rings. The largest absolute Gasteiger partial charge is 0.502 e. The van der Waals surface area contributed by atoms with E-state index in [0.717, 1.165) is 0 Å². The minimum Gasteiger partial charge on any atom is -0.502 e. The van der Waals surface area contributed by atoms with E-state index in [1.54, 1.807) is 72.8 Å². The van der Waals surface area contributed by atoms with Crippen molar-refractivity contribution in [3.05, 3.63) is 101 Å². The molecular weight excluding hydrogens is 428 g/mol. The molecule has 1 heterocycles. The van der Waals surface area contributed by atoms with Gasteiger partial charge in [-0.05, 0) is 42.0 Å². The number of carbonyl (C=O) groups excluding carboxylic acids is 2. The number of benzene rings is 3. The fraction of sp³-hybridized carbons (Fsp3) is 0.0833. The van der Waals surface area contributed by atoms with Crippen LogP contribution in [0.5, 0.6) is 0 Å². The lowest BCUT2D eigenvalue weighted by Crippen LogP contribution is -2.31. The van der Waals surface area contributed by atoms with Crippen LogP contribution in [0.4, 0.5) is 11.4 Å². The third kappa shape index (κ3) is 3.76. The van der Waals surface area contributed by atoms with Gasteiger partial charge in [0, 0.05) is 18.3 Å². The zero-order valence-electron chi connectivity index (χ0n) is 17.1. The highest BCUT2D eigenvalue weighted by molar-refractivity contribution is 7.95. The molecule has 0 bridgehead atoms. The molecule has 4 rings (SSSR count). The predicted molar refractivity (Wildman–Crippen MR) is 121 cm³/mol. The van der Waals surface area contributed by atoms with E-state index >= 15 is 0 Å². The number of hydrogen-bond donors (Lipinski definition) is 2. The Balaban J connectivity index is 1.86. The third-order valence-corrected chi connectivity index (χ3v) is 6.97. The smallest absolute Gasteiger partial charge is 0.295 e. The Bertz CT molecular complexity index is 1300. The molecule has 0 saturated carbocycles. The van der Waals surface area contributed by atoms with E-state index in [1.165, 1.54) is 24.0 Å². The maximum Gasteiger partial charge on any atom is 0.295 e. The number of nitrogens with one attached hydrogen (secondary N) is 1. The van der Waals surface area contributed by atoms with Crippen LogP contribution in [-0.4, -0.2) is 25.3 Å². The van der Waals surface area contributed by atoms with E-state index in [-0.39, 0.29) is 15.7 Å². The number of aliphatic hydroxyl groups excluding tert-OH is 1. The first kappa shape index (κ1) is 21.3. The molecule has 2 amide bonds. The molecule has 0 fully saturated rings. The standard InChI is InChI=1S/C24H20N2O5S/c1-16(27)25-18-12-14-19(15-13-18)26-21(17-8-4-2-5-9-17)23(22(28)24(26)29)32(30,31)20-10-6-3-7-11-20/h2-15,21,28H,1H3,(H,25,27). The second-order valence-corrected chi connectivity index (χ2v) is 9.16. The molecule has 162 valence electrons. The fourth-order valence-corrected chi connectivity index (χ4v) is 5.34. The quantitative estimate of drug-likeness (QED) is 0.615. The number of hydrogen-bond acceptors (Lipinski definition) is 5. The summed E-state index contributed by atoms with van der Waals surface area (Å²) in [6, 6.07) is 21.7. The van der Waals surface area contributed by atoms with Crippen molar-refractivity contribution in [1.29, 1.82) is 0 Å². The minimum atomic E-state index is -4.17. The van der Waals surface area contributed by atoms with Gasteiger partial charge >= 0.3 is 0 Å². The van der Waals surface area contributed by atoms with Crippen LogP contribution in [0.1, 0.15) is 18.5 Å². The maximum absolute atomic E-state index is 13.5. The van der Waals surface area contributed by atoms with Crippen molar-refractivity contribution in [2.75, 3.05) is 10.2 Å². The zero-order chi connectivity index (χ0) is 22.9. The first-order valence-electron chi connectivity index (χ1n) is 9.80. The van der Waals surface area contributed by atoms with E-state index in [9.17, 15) is 23.1 Å². The van der Waals surface area contributed by atoms with Gasteiger partial charge < -0.3 is 10.4 Å². The van der Waals surface area contributed by atoms with Crippen LogP contribution in [0.2, 0.25) is 0 Å². The van der Waals surface area contributed by atoms with E-state index in [4.69, 9.17) is 0 Å². The highest BCUT2D eigenvalue weighted by atomic mass is 32.2. The van der Waals surface area contributed by atoms with Gasteiger partial charge in [-0.25, -0.2) is 8.42 Å². The summed E-state index contributed by atoms with van der Waals surface area (Å²) in [5.74, 6) is -1.87. The van der Waals surface area contributed by atoms with Gasteiger partial charge in [0.25, 0.3) is 5.91 Å². The fourth-order valence-electron chi connectivity index (χ4n) is 3.70. The van der Waals surface area contributed by atoms with Gasteiger partial charge in [-0.2, -0.15) is 0 Å². The lowest BCUT2D eigenvalue weighted by Gasteiger charge is -2.27. The molecule has 2 N–H and O–H groups in total. The molecule has 8 heteroatoms. The topological polar surface area (TPSA) is 104 Å². The number of nitrogens with zero attached hydrogens (tertiary/aromatic N) is 1. The van der Waals surface area contributed by atoms with Crippen LogP contribution in [0.25, 0.3) is 0 Å². The SMILES string of the molecule is CC(=O)Nc1ccc(N2C(=O)C(O)=C(S(=O)(=O)c3ccccc3)C2c2ccccc2)cc1. The molecule has 1 atom stereocenters. The average molecular weight is 449 g/mol. The Labute approximate surface area is 185 Å². The maximum atomic E-state index is 13.5. The van der Waals surface area contributed by atoms with Crippen LogP contribution in [0.3, 0.4) is 0 Å². The molecule has 0 aromatic heterocycles. The lowest BCUT2D eigenvalue weighted by molar-refractivity contribution is -0.117. The average Bonchev–Trinajstić information content (AvgIpc) is 3.06. The first-order valence-corrected chi connectivity index (χ1v) is 11.3. The molecule has 7 nitrogen and oxygen atoms in total. The first-order chi connectivity index (χ1) is 15.3. The molecule has 0 saturated heterocycles. The minimum absolute atomic E-state index is 0.0156. The number of aliphatic hydroxyl groups is 1. The second-order valence-electron chi connectivity index (χ2n) is 7.25. The van der Waals surface area contributed by atoms with Crippen molar-refractivity contribution in [2.24, 2.45) is 0 Å². The van der Waals surface area contributed by atoms with E-state index in [2.05, 4.69) is 5.32 Å². The molecular formula is C24H20N2O5S. The van der Waals surface area contributed by atoms with Crippen LogP contribution in [0.15, 0.2) is 100 Å². The summed E-state index contributed by atoms with van der Waals surface area (Å²) >= 11 is 0. The van der Waals surface area contributed by atoms with Gasteiger partial charge in [-0.1, -0.05) is 48.5 Å². The number of carbonyl (C=O) groups is 2. The van der Waals surface area contributed by atoms with Crippen molar-refractivity contribution in [2.45, 2.75) is 17.9 Å². The van der Waals surface area contributed by atoms with Crippen molar-refractivity contribution in [3.8, 4) is 0 Å². The summed E-state index contributed by atoms with van der Waals surface area (Å²) in [4.78, 5) is 25.3. The monoisotopic (exact) mass is 448 g/mol. The summed E-state index contributed by atoms with van der Waals surface area (Å²) in [6.45, 7) is 1.38. The van der Waals surface area contributed by atoms with Crippen molar-refractivity contribution < 1.29 is 23.1 Å². The number of amides is 2. The number of rotatable bonds is 5. The van der Waals surface area contributed by atoms with Crippen molar-refractivity contribution in [3.63, 3.8) is 0 Å². The molecule has 1 aliphatic rings. The molecule has 3 aromatic carbocycles. The normalized spacial score (nSPS) is 16.3. The van der Waals surface area contributed by atoms with Gasteiger partial charge in [0.15, 0.2) is 5.76 Å².